The summed E-state index contributed by atoms with van der Waals surface area (Å²) in [5.41, 5.74) is 3.79. The molecule has 0 radical (unpaired) electrons. The zero-order valence-corrected chi connectivity index (χ0v) is 22.6. The van der Waals surface area contributed by atoms with Gasteiger partial charge in [-0.1, -0.05) is 91.0 Å². The summed E-state index contributed by atoms with van der Waals surface area (Å²) in [7, 11) is 4.26. The number of benzene rings is 3. The van der Waals surface area contributed by atoms with E-state index in [0.717, 1.165) is 50.2 Å². The summed E-state index contributed by atoms with van der Waals surface area (Å²) in [6, 6.07) is 31.9. The van der Waals surface area contributed by atoms with Gasteiger partial charge in [0.05, 0.1) is 0 Å². The Morgan fingerprint density at radius 2 is 1.35 bits per heavy atom. The molecule has 1 unspecified atom stereocenters. The summed E-state index contributed by atoms with van der Waals surface area (Å²) in [6.45, 7) is 7.70. The Morgan fingerprint density at radius 1 is 0.784 bits per heavy atom. The van der Waals surface area contributed by atoms with Crippen molar-refractivity contribution in [2.45, 2.75) is 33.0 Å². The Balaban J connectivity index is 1.71. The smallest absolute Gasteiger partial charge is 0.208 e. The van der Waals surface area contributed by atoms with Gasteiger partial charge < -0.3 is 20.1 Å². The molecule has 0 aliphatic rings. The van der Waals surface area contributed by atoms with Gasteiger partial charge in [-0.05, 0) is 51.1 Å². The molecule has 2 N–H and O–H groups in total. The van der Waals surface area contributed by atoms with E-state index in [1.807, 2.05) is 0 Å². The fraction of sp³-hybridized carbons (Fsp3) is 0.323. The van der Waals surface area contributed by atoms with Crippen LogP contribution in [0, 0.1) is 0 Å². The lowest BCUT2D eigenvalue weighted by Gasteiger charge is -2.36. The number of anilines is 3. The molecule has 3 aromatic carbocycles. The zero-order valence-electron chi connectivity index (χ0n) is 22.6. The van der Waals surface area contributed by atoms with Crippen LogP contribution in [0.1, 0.15) is 36.7 Å². The van der Waals surface area contributed by atoms with Crippen molar-refractivity contribution in [3.05, 3.63) is 108 Å². The van der Waals surface area contributed by atoms with Gasteiger partial charge in [-0.25, -0.2) is 0 Å². The molecule has 1 heterocycles. The van der Waals surface area contributed by atoms with Gasteiger partial charge in [0.15, 0.2) is 5.82 Å². The van der Waals surface area contributed by atoms with Crippen LogP contribution in [-0.2, 0) is 13.0 Å². The number of hydrogen-bond donors (Lipinski definition) is 2. The van der Waals surface area contributed by atoms with Crippen molar-refractivity contribution in [1.82, 2.24) is 14.9 Å². The molecule has 0 fully saturated rings. The molecule has 0 bridgehead atoms. The lowest BCUT2D eigenvalue weighted by Crippen LogP contribution is -2.38. The lowest BCUT2D eigenvalue weighted by atomic mass is 10.1. The van der Waals surface area contributed by atoms with Crippen molar-refractivity contribution >= 4 is 17.6 Å². The number of nitrogens with one attached hydrogen (secondary N) is 2. The van der Waals surface area contributed by atoms with Crippen molar-refractivity contribution in [2.75, 3.05) is 48.8 Å². The Kier molecular flexibility index (Phi) is 9.22. The van der Waals surface area contributed by atoms with E-state index >= 15 is 0 Å². The topological polar surface area (TPSA) is 50.4 Å². The highest BCUT2D eigenvalue weighted by Crippen LogP contribution is 2.33. The molecule has 6 nitrogen and oxygen atoms in total. The van der Waals surface area contributed by atoms with Crippen LogP contribution >= 0.6 is 0 Å². The second-order valence-electron chi connectivity index (χ2n) is 9.46. The molecule has 1 aromatic heterocycles. The minimum atomic E-state index is 0.00859. The second kappa shape index (κ2) is 13.0. The number of aromatic amines is 1. The highest BCUT2D eigenvalue weighted by molar-refractivity contribution is 5.66. The Labute approximate surface area is 222 Å². The summed E-state index contributed by atoms with van der Waals surface area (Å²) in [4.78, 5) is 15.8. The highest BCUT2D eigenvalue weighted by atomic mass is 15.4. The van der Waals surface area contributed by atoms with Crippen LogP contribution in [0.4, 0.5) is 17.6 Å². The third kappa shape index (κ3) is 6.71. The average Bonchev–Trinajstić information content (AvgIpc) is 3.34. The van der Waals surface area contributed by atoms with E-state index in [0.29, 0.717) is 0 Å². The molecule has 1 atom stereocenters. The summed E-state index contributed by atoms with van der Waals surface area (Å²) in [5.74, 6) is 2.80. The zero-order chi connectivity index (χ0) is 26.0. The van der Waals surface area contributed by atoms with Crippen LogP contribution in [0.3, 0.4) is 0 Å². The first-order valence-corrected chi connectivity index (χ1v) is 13.2. The second-order valence-corrected chi connectivity index (χ2v) is 9.46. The summed E-state index contributed by atoms with van der Waals surface area (Å²) in [5, 5.41) is 3.66. The van der Waals surface area contributed by atoms with Crippen LogP contribution in [-0.4, -0.2) is 48.6 Å². The van der Waals surface area contributed by atoms with Gasteiger partial charge in [0.2, 0.25) is 5.95 Å². The Bertz CT molecular complexity index is 1190. The van der Waals surface area contributed by atoms with E-state index in [2.05, 4.69) is 144 Å². The quantitative estimate of drug-likeness (QED) is 0.217. The third-order valence-electron chi connectivity index (χ3n) is 6.64. The van der Waals surface area contributed by atoms with Crippen molar-refractivity contribution < 1.29 is 0 Å². The molecule has 37 heavy (non-hydrogen) atoms. The number of aromatic nitrogens is 2. The molecule has 0 aliphatic heterocycles. The maximum absolute atomic E-state index is 5.21. The van der Waals surface area contributed by atoms with E-state index in [1.54, 1.807) is 0 Å². The van der Waals surface area contributed by atoms with Gasteiger partial charge in [-0.3, -0.25) is 4.90 Å². The van der Waals surface area contributed by atoms with Gasteiger partial charge in [-0.15, -0.1) is 0 Å². The fourth-order valence-electron chi connectivity index (χ4n) is 4.78. The van der Waals surface area contributed by atoms with Crippen molar-refractivity contribution in [1.29, 1.82) is 0 Å². The van der Waals surface area contributed by atoms with E-state index in [9.17, 15) is 0 Å². The molecule has 194 valence electrons. The first kappa shape index (κ1) is 26.3. The van der Waals surface area contributed by atoms with Gasteiger partial charge in [0.25, 0.3) is 0 Å². The number of nitrogens with zero attached hydrogens (tertiary/aromatic N) is 4. The van der Waals surface area contributed by atoms with Crippen LogP contribution in [0.5, 0.6) is 0 Å². The predicted molar refractivity (Wildman–Crippen MR) is 156 cm³/mol. The largest absolute Gasteiger partial charge is 0.368 e. The molecule has 6 heteroatoms. The van der Waals surface area contributed by atoms with Gasteiger partial charge in [0, 0.05) is 26.2 Å². The predicted octanol–water partition coefficient (Wildman–Crippen LogP) is 6.18. The average molecular weight is 497 g/mol. The molecule has 0 saturated heterocycles. The molecule has 0 spiro atoms. The standard InChI is InChI=1S/C31H40N6/c1-5-36(6-2)29-28(32-23-22-25-16-10-7-11-17-25)33-31(34-29)37(24-26-18-12-8-13-19-26)30(35(3)4)27-20-14-9-15-21-27/h7-21,30,32H,5-6,22-24H2,1-4H3,(H,33,34). The van der Waals surface area contributed by atoms with Crippen LogP contribution in [0.15, 0.2) is 91.0 Å². The fourth-order valence-corrected chi connectivity index (χ4v) is 4.78. The van der Waals surface area contributed by atoms with Gasteiger partial charge in [0.1, 0.15) is 12.0 Å². The first-order chi connectivity index (χ1) is 18.1. The van der Waals surface area contributed by atoms with Crippen molar-refractivity contribution in [3.8, 4) is 0 Å². The number of rotatable bonds is 13. The molecular formula is C31H40N6. The van der Waals surface area contributed by atoms with Crippen LogP contribution in [0.2, 0.25) is 0 Å². The van der Waals surface area contributed by atoms with Crippen LogP contribution in [0.25, 0.3) is 0 Å². The highest BCUT2D eigenvalue weighted by Gasteiger charge is 2.27. The lowest BCUT2D eigenvalue weighted by molar-refractivity contribution is 0.283. The minimum Gasteiger partial charge on any atom is -0.368 e. The molecular weight excluding hydrogens is 456 g/mol. The number of H-pyrrole nitrogens is 1. The van der Waals surface area contributed by atoms with Crippen LogP contribution < -0.4 is 15.1 Å². The third-order valence-corrected chi connectivity index (χ3v) is 6.64. The Hall–Kier alpha value is -3.77. The molecule has 4 aromatic rings. The molecule has 0 amide bonds. The van der Waals surface area contributed by atoms with Gasteiger partial charge in [-0.2, -0.15) is 4.98 Å². The SMILES string of the molecule is CCN(CC)c1nc(N(Cc2ccccc2)C(c2ccccc2)N(C)C)[nH]c1NCCc1ccccc1. The normalized spacial score (nSPS) is 11.9. The maximum atomic E-state index is 5.21. The summed E-state index contributed by atoms with van der Waals surface area (Å²) < 4.78 is 0. The first-order valence-electron chi connectivity index (χ1n) is 13.2. The van der Waals surface area contributed by atoms with E-state index in [-0.39, 0.29) is 6.17 Å². The maximum Gasteiger partial charge on any atom is 0.208 e. The van der Waals surface area contributed by atoms with Crippen molar-refractivity contribution in [3.63, 3.8) is 0 Å². The molecule has 0 saturated carbocycles. The summed E-state index contributed by atoms with van der Waals surface area (Å²) in [6.07, 6.45) is 0.958. The minimum absolute atomic E-state index is 0.00859. The Morgan fingerprint density at radius 3 is 1.92 bits per heavy atom. The van der Waals surface area contributed by atoms with E-state index in [1.165, 1.54) is 16.7 Å². The van der Waals surface area contributed by atoms with Crippen molar-refractivity contribution in [2.24, 2.45) is 0 Å². The van der Waals surface area contributed by atoms with E-state index < -0.39 is 0 Å². The molecule has 0 aliphatic carbocycles. The van der Waals surface area contributed by atoms with E-state index in [4.69, 9.17) is 4.98 Å². The number of hydrogen-bond acceptors (Lipinski definition) is 5. The van der Waals surface area contributed by atoms with Gasteiger partial charge >= 0.3 is 0 Å². The number of imidazole rings is 1. The molecule has 4 rings (SSSR count). The summed E-state index contributed by atoms with van der Waals surface area (Å²) >= 11 is 0. The monoisotopic (exact) mass is 496 g/mol.